The number of hydrogen-bond donors (Lipinski definition) is 0. The maximum atomic E-state index is 12.9. The normalized spacial score (nSPS) is 24.1. The molecule has 0 bridgehead atoms. The summed E-state index contributed by atoms with van der Waals surface area (Å²) in [5.74, 6) is 0.416. The molecule has 2 aliphatic heterocycles. The van der Waals surface area contributed by atoms with Crippen LogP contribution >= 0.6 is 11.6 Å². The molecule has 6 heteroatoms. The van der Waals surface area contributed by atoms with Gasteiger partial charge in [0, 0.05) is 31.7 Å². The Hall–Kier alpha value is -1.75. The van der Waals surface area contributed by atoms with Crippen molar-refractivity contribution in [3.8, 4) is 0 Å². The lowest BCUT2D eigenvalue weighted by Gasteiger charge is -2.41. The zero-order valence-electron chi connectivity index (χ0n) is 14.4. The lowest BCUT2D eigenvalue weighted by Crippen LogP contribution is -2.60. The third-order valence-corrected chi connectivity index (χ3v) is 4.99. The highest BCUT2D eigenvalue weighted by molar-refractivity contribution is 6.30. The molecule has 24 heavy (non-hydrogen) atoms. The van der Waals surface area contributed by atoms with E-state index in [4.69, 9.17) is 11.6 Å². The van der Waals surface area contributed by atoms with Crippen molar-refractivity contribution in [1.82, 2.24) is 14.7 Å². The molecular weight excluding hydrogens is 326 g/mol. The number of amides is 3. The van der Waals surface area contributed by atoms with Gasteiger partial charge in [0.15, 0.2) is 0 Å². The van der Waals surface area contributed by atoms with Crippen molar-refractivity contribution in [2.24, 2.45) is 5.92 Å². The van der Waals surface area contributed by atoms with Crippen molar-refractivity contribution in [2.75, 3.05) is 20.1 Å². The summed E-state index contributed by atoms with van der Waals surface area (Å²) in [4.78, 5) is 30.9. The molecule has 1 aromatic rings. The fraction of sp³-hybridized carbons (Fsp3) is 0.556. The fourth-order valence-corrected chi connectivity index (χ4v) is 3.91. The van der Waals surface area contributed by atoms with Gasteiger partial charge in [-0.15, -0.1) is 0 Å². The first-order chi connectivity index (χ1) is 11.4. The number of nitrogens with zero attached hydrogens (tertiary/aromatic N) is 3. The molecule has 1 aromatic carbocycles. The second-order valence-corrected chi connectivity index (χ2v) is 7.65. The summed E-state index contributed by atoms with van der Waals surface area (Å²) in [6.07, 6.45) is 0.705. The average Bonchev–Trinajstić information content (AvgIpc) is 2.79. The summed E-state index contributed by atoms with van der Waals surface area (Å²) < 4.78 is 0. The van der Waals surface area contributed by atoms with E-state index in [9.17, 15) is 9.59 Å². The second-order valence-electron chi connectivity index (χ2n) is 7.22. The first-order valence-corrected chi connectivity index (χ1v) is 8.81. The number of hydrogen-bond acceptors (Lipinski definition) is 2. The summed E-state index contributed by atoms with van der Waals surface area (Å²) in [6, 6.07) is 7.27. The van der Waals surface area contributed by atoms with E-state index in [1.54, 1.807) is 4.90 Å². The van der Waals surface area contributed by atoms with Crippen LogP contribution in [0.1, 0.15) is 25.8 Å². The van der Waals surface area contributed by atoms with E-state index in [1.807, 2.05) is 41.1 Å². The predicted molar refractivity (Wildman–Crippen MR) is 93.8 cm³/mol. The third-order valence-electron chi connectivity index (χ3n) is 4.75. The maximum absolute atomic E-state index is 12.9. The Balaban J connectivity index is 1.80. The van der Waals surface area contributed by atoms with E-state index >= 15 is 0 Å². The number of halogens is 1. The molecule has 130 valence electrons. The van der Waals surface area contributed by atoms with Crippen LogP contribution in [0, 0.1) is 5.92 Å². The largest absolute Gasteiger partial charge is 0.342 e. The first kappa shape index (κ1) is 17.1. The van der Waals surface area contributed by atoms with E-state index in [1.165, 1.54) is 0 Å². The molecule has 2 fully saturated rings. The molecule has 2 heterocycles. The Kier molecular flexibility index (Phi) is 4.72. The summed E-state index contributed by atoms with van der Waals surface area (Å²) in [7, 11) is 1.83. The number of rotatable bonds is 4. The molecule has 0 N–H and O–H groups in total. The van der Waals surface area contributed by atoms with Crippen LogP contribution in [0.4, 0.5) is 4.79 Å². The first-order valence-electron chi connectivity index (χ1n) is 8.43. The highest BCUT2D eigenvalue weighted by atomic mass is 35.5. The van der Waals surface area contributed by atoms with Gasteiger partial charge in [-0.1, -0.05) is 37.6 Å². The van der Waals surface area contributed by atoms with E-state index < -0.39 is 0 Å². The number of piperazine rings is 1. The van der Waals surface area contributed by atoms with Crippen LogP contribution in [0.5, 0.6) is 0 Å². The van der Waals surface area contributed by atoms with Crippen molar-refractivity contribution in [3.63, 3.8) is 0 Å². The van der Waals surface area contributed by atoms with Crippen LogP contribution in [0.2, 0.25) is 5.02 Å². The smallest absolute Gasteiger partial charge is 0.321 e. The van der Waals surface area contributed by atoms with Gasteiger partial charge in [0.05, 0.1) is 6.04 Å². The summed E-state index contributed by atoms with van der Waals surface area (Å²) in [6.45, 7) is 5.95. The third kappa shape index (κ3) is 3.22. The molecule has 3 amide bonds. The Labute approximate surface area is 148 Å². The van der Waals surface area contributed by atoms with Crippen molar-refractivity contribution < 1.29 is 9.59 Å². The Bertz CT molecular complexity index is 649. The van der Waals surface area contributed by atoms with E-state index in [0.29, 0.717) is 37.0 Å². The van der Waals surface area contributed by atoms with Gasteiger partial charge in [-0.25, -0.2) is 4.79 Å². The molecule has 5 nitrogen and oxygen atoms in total. The fourth-order valence-electron chi connectivity index (χ4n) is 3.70. The Morgan fingerprint density at radius 3 is 2.67 bits per heavy atom. The van der Waals surface area contributed by atoms with Gasteiger partial charge in [0.25, 0.3) is 0 Å². The minimum atomic E-state index is -0.342. The second kappa shape index (κ2) is 6.63. The Morgan fingerprint density at radius 2 is 2.00 bits per heavy atom. The van der Waals surface area contributed by atoms with Crippen LogP contribution in [0.25, 0.3) is 0 Å². The average molecular weight is 350 g/mol. The van der Waals surface area contributed by atoms with Gasteiger partial charge in [0.1, 0.15) is 6.04 Å². The number of fused-ring (bicyclic) bond motifs is 1. The lowest BCUT2D eigenvalue weighted by atomic mass is 9.98. The predicted octanol–water partition coefficient (Wildman–Crippen LogP) is 2.83. The van der Waals surface area contributed by atoms with Gasteiger partial charge in [-0.3, -0.25) is 4.79 Å². The number of urea groups is 1. The van der Waals surface area contributed by atoms with Gasteiger partial charge in [0.2, 0.25) is 5.91 Å². The number of carbonyl (C=O) groups excluding carboxylic acids is 2. The van der Waals surface area contributed by atoms with Crippen LogP contribution in [-0.2, 0) is 11.3 Å². The molecule has 0 aliphatic carbocycles. The standard InChI is InChI=1S/C18H24ClN3O2/c1-12(2)7-16-17(23)20(3)10-15-11-21(18(24)22(15)16)9-13-5-4-6-14(19)8-13/h4-6,8,12,15-16H,7,9-11H2,1-3H3/t15-,16+/m1/s1. The molecule has 0 saturated carbocycles. The van der Waals surface area contributed by atoms with E-state index in [-0.39, 0.29) is 24.0 Å². The van der Waals surface area contributed by atoms with Crippen molar-refractivity contribution >= 4 is 23.5 Å². The van der Waals surface area contributed by atoms with Gasteiger partial charge in [-0.2, -0.15) is 0 Å². The van der Waals surface area contributed by atoms with Crippen molar-refractivity contribution in [1.29, 1.82) is 0 Å². The molecule has 2 aliphatic rings. The quantitative estimate of drug-likeness (QED) is 0.839. The molecule has 2 saturated heterocycles. The van der Waals surface area contributed by atoms with E-state index in [2.05, 4.69) is 13.8 Å². The molecule has 3 rings (SSSR count). The highest BCUT2D eigenvalue weighted by Gasteiger charge is 2.48. The highest BCUT2D eigenvalue weighted by Crippen LogP contribution is 2.29. The minimum absolute atomic E-state index is 0.0351. The molecular formula is C18H24ClN3O2. The van der Waals surface area contributed by atoms with Crippen LogP contribution in [0.15, 0.2) is 24.3 Å². The summed E-state index contributed by atoms with van der Waals surface area (Å²) in [5.41, 5.74) is 1.01. The van der Waals surface area contributed by atoms with Crippen LogP contribution in [0.3, 0.4) is 0 Å². The maximum Gasteiger partial charge on any atom is 0.321 e. The van der Waals surface area contributed by atoms with Gasteiger partial charge in [-0.05, 0) is 30.0 Å². The van der Waals surface area contributed by atoms with Crippen LogP contribution in [-0.4, -0.2) is 58.9 Å². The summed E-state index contributed by atoms with van der Waals surface area (Å²) in [5, 5.41) is 0.671. The lowest BCUT2D eigenvalue weighted by molar-refractivity contribution is -0.140. The molecule has 0 radical (unpaired) electrons. The van der Waals surface area contributed by atoms with E-state index in [0.717, 1.165) is 5.56 Å². The molecule has 0 aromatic heterocycles. The number of carbonyl (C=O) groups is 2. The Morgan fingerprint density at radius 1 is 1.25 bits per heavy atom. The monoisotopic (exact) mass is 349 g/mol. The topological polar surface area (TPSA) is 43.9 Å². The minimum Gasteiger partial charge on any atom is -0.342 e. The SMILES string of the molecule is CC(C)C[C@H]1C(=O)N(C)C[C@@H]2CN(Cc3cccc(Cl)c3)C(=O)N21. The molecule has 0 unspecified atom stereocenters. The van der Waals surface area contributed by atoms with Crippen molar-refractivity contribution in [3.05, 3.63) is 34.9 Å². The van der Waals surface area contributed by atoms with Crippen LogP contribution < -0.4 is 0 Å². The number of likely N-dealkylation sites (N-methyl/N-ethyl adjacent to an activating group) is 1. The van der Waals surface area contributed by atoms with Crippen molar-refractivity contribution in [2.45, 2.75) is 38.9 Å². The summed E-state index contributed by atoms with van der Waals surface area (Å²) >= 11 is 6.04. The zero-order valence-corrected chi connectivity index (χ0v) is 15.2. The zero-order chi connectivity index (χ0) is 17.4. The molecule has 2 atom stereocenters. The van der Waals surface area contributed by atoms with Gasteiger partial charge >= 0.3 is 6.03 Å². The van der Waals surface area contributed by atoms with Gasteiger partial charge < -0.3 is 14.7 Å². The molecule has 0 spiro atoms. The number of benzene rings is 1.